The van der Waals surface area contributed by atoms with E-state index in [4.69, 9.17) is 4.74 Å². The van der Waals surface area contributed by atoms with Crippen LogP contribution in [0, 0.1) is 5.92 Å². The molecule has 1 atom stereocenters. The predicted molar refractivity (Wildman–Crippen MR) is 62.2 cm³/mol. The molecular weight excluding hydrogens is 204 g/mol. The number of carbonyl (C=O) groups excluding carboxylic acids is 1. The number of aromatic amines is 1. The first-order valence-electron chi connectivity index (χ1n) is 5.93. The number of hydrogen-bond donors (Lipinski definition) is 1. The Morgan fingerprint density at radius 1 is 1.56 bits per heavy atom. The summed E-state index contributed by atoms with van der Waals surface area (Å²) in [7, 11) is 0. The Morgan fingerprint density at radius 2 is 2.38 bits per heavy atom. The molecule has 0 saturated carbocycles. The lowest BCUT2D eigenvalue weighted by molar-refractivity contribution is 0.0422. The highest BCUT2D eigenvalue weighted by Crippen LogP contribution is 2.13. The first-order chi connectivity index (χ1) is 7.77. The van der Waals surface area contributed by atoms with Gasteiger partial charge in [-0.3, -0.25) is 0 Å². The number of nitrogens with zero attached hydrogens (tertiary/aromatic N) is 1. The maximum absolute atomic E-state index is 11.5. The van der Waals surface area contributed by atoms with E-state index in [0.717, 1.165) is 12.8 Å². The first kappa shape index (κ1) is 12.7. The number of aromatic nitrogens is 2. The summed E-state index contributed by atoms with van der Waals surface area (Å²) in [5.41, 5.74) is 0.422. The van der Waals surface area contributed by atoms with E-state index in [0.29, 0.717) is 18.2 Å². The number of nitrogens with one attached hydrogen (secondary N) is 1. The van der Waals surface area contributed by atoms with Crippen LogP contribution in [0.25, 0.3) is 0 Å². The van der Waals surface area contributed by atoms with E-state index in [1.165, 1.54) is 25.4 Å². The molecule has 1 heterocycles. The molecular formula is C12H20N2O2. The summed E-state index contributed by atoms with van der Waals surface area (Å²) < 4.78 is 5.23. The van der Waals surface area contributed by atoms with Gasteiger partial charge in [0.2, 0.25) is 0 Å². The molecule has 0 unspecified atom stereocenters. The second kappa shape index (κ2) is 7.04. The monoisotopic (exact) mass is 224 g/mol. The van der Waals surface area contributed by atoms with Crippen LogP contribution in [0.15, 0.2) is 12.5 Å². The van der Waals surface area contributed by atoms with Crippen LogP contribution in [0.5, 0.6) is 0 Å². The third kappa shape index (κ3) is 4.04. The molecule has 0 saturated heterocycles. The maximum Gasteiger partial charge on any atom is 0.356 e. The maximum atomic E-state index is 11.5. The molecule has 4 heteroatoms. The minimum atomic E-state index is -0.313. The molecule has 4 nitrogen and oxygen atoms in total. The summed E-state index contributed by atoms with van der Waals surface area (Å²) in [4.78, 5) is 18.0. The number of rotatable bonds is 7. The fourth-order valence-electron chi connectivity index (χ4n) is 1.54. The minimum Gasteiger partial charge on any atom is -0.461 e. The van der Waals surface area contributed by atoms with E-state index in [9.17, 15) is 4.79 Å². The van der Waals surface area contributed by atoms with Crippen molar-refractivity contribution < 1.29 is 9.53 Å². The summed E-state index contributed by atoms with van der Waals surface area (Å²) in [6.45, 7) is 4.81. The Balaban J connectivity index is 2.29. The second-order valence-corrected chi connectivity index (χ2v) is 3.98. The van der Waals surface area contributed by atoms with Crippen LogP contribution in [0.2, 0.25) is 0 Å². The first-order valence-corrected chi connectivity index (χ1v) is 5.93. The van der Waals surface area contributed by atoms with E-state index in [1.807, 2.05) is 0 Å². The van der Waals surface area contributed by atoms with Gasteiger partial charge in [0.25, 0.3) is 0 Å². The van der Waals surface area contributed by atoms with Gasteiger partial charge in [-0.2, -0.15) is 0 Å². The molecule has 1 N–H and O–H groups in total. The zero-order chi connectivity index (χ0) is 11.8. The van der Waals surface area contributed by atoms with Gasteiger partial charge in [0.15, 0.2) is 0 Å². The number of hydrogen-bond acceptors (Lipinski definition) is 3. The summed E-state index contributed by atoms with van der Waals surface area (Å²) in [5, 5.41) is 0. The Hall–Kier alpha value is -1.32. The molecule has 0 aliphatic carbocycles. The van der Waals surface area contributed by atoms with Crippen LogP contribution in [0.1, 0.15) is 50.0 Å². The van der Waals surface area contributed by atoms with E-state index in [1.54, 1.807) is 0 Å². The summed E-state index contributed by atoms with van der Waals surface area (Å²) >= 11 is 0. The molecule has 16 heavy (non-hydrogen) atoms. The van der Waals surface area contributed by atoms with E-state index in [2.05, 4.69) is 23.8 Å². The Labute approximate surface area is 96.4 Å². The molecule has 0 aliphatic rings. The molecule has 1 aromatic heterocycles. The third-order valence-corrected chi connectivity index (χ3v) is 2.71. The highest BCUT2D eigenvalue weighted by molar-refractivity contribution is 5.86. The van der Waals surface area contributed by atoms with Crippen molar-refractivity contribution in [2.75, 3.05) is 6.61 Å². The van der Waals surface area contributed by atoms with E-state index < -0.39 is 0 Å². The molecule has 0 amide bonds. The summed E-state index contributed by atoms with van der Waals surface area (Å²) in [5.74, 6) is 0.166. The highest BCUT2D eigenvalue weighted by Gasteiger charge is 2.12. The number of imidazole rings is 1. The van der Waals surface area contributed by atoms with E-state index in [-0.39, 0.29) is 5.97 Å². The van der Waals surface area contributed by atoms with Gasteiger partial charge in [0.1, 0.15) is 5.69 Å². The van der Waals surface area contributed by atoms with Gasteiger partial charge in [-0.1, -0.05) is 33.1 Å². The average molecular weight is 224 g/mol. The van der Waals surface area contributed by atoms with Crippen LogP contribution in [-0.2, 0) is 4.74 Å². The molecule has 0 aromatic carbocycles. The summed E-state index contributed by atoms with van der Waals surface area (Å²) in [6.07, 6.45) is 7.52. The predicted octanol–water partition coefficient (Wildman–Crippen LogP) is 2.78. The quantitative estimate of drug-likeness (QED) is 0.724. The number of esters is 1. The van der Waals surface area contributed by atoms with Crippen LogP contribution in [0.3, 0.4) is 0 Å². The number of ether oxygens (including phenoxy) is 1. The molecule has 0 radical (unpaired) electrons. The lowest BCUT2D eigenvalue weighted by Gasteiger charge is -2.13. The van der Waals surface area contributed by atoms with Crippen LogP contribution >= 0.6 is 0 Å². The second-order valence-electron chi connectivity index (χ2n) is 3.98. The summed E-state index contributed by atoms with van der Waals surface area (Å²) in [6, 6.07) is 0. The lowest BCUT2D eigenvalue weighted by atomic mass is 10.0. The van der Waals surface area contributed by atoms with Gasteiger partial charge < -0.3 is 9.72 Å². The van der Waals surface area contributed by atoms with Crippen molar-refractivity contribution in [3.05, 3.63) is 18.2 Å². The van der Waals surface area contributed by atoms with Crippen LogP contribution in [0.4, 0.5) is 0 Å². The lowest BCUT2D eigenvalue weighted by Crippen LogP contribution is -2.14. The van der Waals surface area contributed by atoms with Crippen LogP contribution in [-0.4, -0.2) is 22.5 Å². The molecule has 0 spiro atoms. The standard InChI is InChI=1S/C12H20N2O2/c1-3-5-6-10(4-2)8-16-12(15)11-7-13-9-14-11/h7,9-10H,3-6,8H2,1-2H3,(H,13,14)/t10-/m0/s1. The van der Waals surface area contributed by atoms with Gasteiger partial charge in [-0.05, 0) is 12.3 Å². The third-order valence-electron chi connectivity index (χ3n) is 2.71. The topological polar surface area (TPSA) is 55.0 Å². The van der Waals surface area contributed by atoms with Crippen molar-refractivity contribution in [2.45, 2.75) is 39.5 Å². The molecule has 0 bridgehead atoms. The van der Waals surface area contributed by atoms with Crippen molar-refractivity contribution >= 4 is 5.97 Å². The largest absolute Gasteiger partial charge is 0.461 e. The number of H-pyrrole nitrogens is 1. The normalized spacial score (nSPS) is 12.4. The average Bonchev–Trinajstić information content (AvgIpc) is 2.82. The van der Waals surface area contributed by atoms with E-state index >= 15 is 0 Å². The zero-order valence-electron chi connectivity index (χ0n) is 10.0. The van der Waals surface area contributed by atoms with Crippen molar-refractivity contribution in [3.63, 3.8) is 0 Å². The van der Waals surface area contributed by atoms with Crippen molar-refractivity contribution in [2.24, 2.45) is 5.92 Å². The molecule has 0 fully saturated rings. The Bertz CT molecular complexity index is 296. The Kier molecular flexibility index (Phi) is 5.61. The van der Waals surface area contributed by atoms with Gasteiger partial charge in [-0.25, -0.2) is 9.78 Å². The van der Waals surface area contributed by atoms with Crippen molar-refractivity contribution in [1.82, 2.24) is 9.97 Å². The van der Waals surface area contributed by atoms with Gasteiger partial charge in [-0.15, -0.1) is 0 Å². The van der Waals surface area contributed by atoms with Crippen molar-refractivity contribution in [3.8, 4) is 0 Å². The van der Waals surface area contributed by atoms with Gasteiger partial charge in [0, 0.05) is 0 Å². The molecule has 1 rings (SSSR count). The Morgan fingerprint density at radius 3 is 2.94 bits per heavy atom. The van der Waals surface area contributed by atoms with Gasteiger partial charge in [0.05, 0.1) is 19.1 Å². The number of carbonyl (C=O) groups is 1. The SMILES string of the molecule is CCCC[C@H](CC)COC(=O)c1cnc[nH]1. The minimum absolute atomic E-state index is 0.313. The fraction of sp³-hybridized carbons (Fsp3) is 0.667. The fourth-order valence-corrected chi connectivity index (χ4v) is 1.54. The smallest absolute Gasteiger partial charge is 0.356 e. The molecule has 1 aromatic rings. The molecule has 90 valence electrons. The number of unbranched alkanes of at least 4 members (excludes halogenated alkanes) is 1. The molecule has 0 aliphatic heterocycles. The van der Waals surface area contributed by atoms with Gasteiger partial charge >= 0.3 is 5.97 Å². The zero-order valence-corrected chi connectivity index (χ0v) is 10.0. The van der Waals surface area contributed by atoms with Crippen LogP contribution < -0.4 is 0 Å². The highest BCUT2D eigenvalue weighted by atomic mass is 16.5. The van der Waals surface area contributed by atoms with Crippen molar-refractivity contribution in [1.29, 1.82) is 0 Å².